The minimum atomic E-state index is 0. The lowest BCUT2D eigenvalue weighted by molar-refractivity contribution is 0.261. The highest BCUT2D eigenvalue weighted by Gasteiger charge is 2.12. The molecular weight excluding hydrogens is 491 g/mol. The Balaban J connectivity index is 0.00000544. The fourth-order valence-corrected chi connectivity index (χ4v) is 3.90. The predicted molar refractivity (Wildman–Crippen MR) is 151 cm³/mol. The van der Waals surface area contributed by atoms with E-state index in [0.29, 0.717) is 23.1 Å². The topological polar surface area (TPSA) is 33.7 Å². The van der Waals surface area contributed by atoms with Crippen molar-refractivity contribution in [2.45, 2.75) is 66.0 Å². The molecule has 0 saturated heterocycles. The average Bonchev–Trinajstić information content (AvgIpc) is 2.80. The van der Waals surface area contributed by atoms with Crippen molar-refractivity contribution in [3.63, 3.8) is 0 Å². The fourth-order valence-electron chi connectivity index (χ4n) is 3.61. The molecule has 34 heavy (non-hydrogen) atoms. The SMILES string of the molecule is CCCCN(CCCC)CCCNCc1cc(Cl)c(OCc2ccc(C)cc2)c(OC)c1.Cl.Cl. The number of hydrogen-bond acceptors (Lipinski definition) is 4. The number of unbranched alkanes of at least 4 members (excludes halogenated alkanes) is 2. The first-order chi connectivity index (χ1) is 15.6. The van der Waals surface area contributed by atoms with Gasteiger partial charge >= 0.3 is 0 Å². The lowest BCUT2D eigenvalue weighted by atomic mass is 10.1. The zero-order valence-corrected chi connectivity index (χ0v) is 23.6. The zero-order valence-electron chi connectivity index (χ0n) is 21.2. The van der Waals surface area contributed by atoms with Crippen LogP contribution in [-0.4, -0.2) is 38.2 Å². The molecule has 0 aliphatic carbocycles. The van der Waals surface area contributed by atoms with Crippen LogP contribution >= 0.6 is 36.4 Å². The number of hydrogen-bond donors (Lipinski definition) is 1. The number of aryl methyl sites for hydroxylation is 1. The Labute approximate surface area is 224 Å². The summed E-state index contributed by atoms with van der Waals surface area (Å²) < 4.78 is 11.6. The molecule has 2 rings (SSSR count). The van der Waals surface area contributed by atoms with Gasteiger partial charge in [-0.15, -0.1) is 24.8 Å². The third-order valence-corrected chi connectivity index (χ3v) is 5.89. The Morgan fingerprint density at radius 2 is 1.50 bits per heavy atom. The van der Waals surface area contributed by atoms with Crippen LogP contribution in [0.15, 0.2) is 36.4 Å². The molecule has 2 aromatic carbocycles. The monoisotopic (exact) mass is 532 g/mol. The predicted octanol–water partition coefficient (Wildman–Crippen LogP) is 7.46. The Hall–Kier alpha value is -1.17. The minimum absolute atomic E-state index is 0. The lowest BCUT2D eigenvalue weighted by Gasteiger charge is -2.22. The van der Waals surface area contributed by atoms with E-state index in [-0.39, 0.29) is 24.8 Å². The van der Waals surface area contributed by atoms with E-state index in [2.05, 4.69) is 55.3 Å². The molecule has 0 aliphatic heterocycles. The summed E-state index contributed by atoms with van der Waals surface area (Å²) in [5.74, 6) is 1.27. The lowest BCUT2D eigenvalue weighted by Crippen LogP contribution is -2.29. The van der Waals surface area contributed by atoms with E-state index in [0.717, 1.165) is 37.2 Å². The van der Waals surface area contributed by atoms with Crippen molar-refractivity contribution in [3.05, 3.63) is 58.1 Å². The van der Waals surface area contributed by atoms with E-state index in [9.17, 15) is 0 Å². The quantitative estimate of drug-likeness (QED) is 0.227. The maximum Gasteiger partial charge on any atom is 0.180 e. The smallest absolute Gasteiger partial charge is 0.180 e. The number of halogens is 3. The van der Waals surface area contributed by atoms with Crippen LogP contribution in [0.25, 0.3) is 0 Å². The van der Waals surface area contributed by atoms with Crippen molar-refractivity contribution >= 4 is 36.4 Å². The van der Waals surface area contributed by atoms with E-state index in [1.807, 2.05) is 12.1 Å². The van der Waals surface area contributed by atoms with Crippen LogP contribution in [-0.2, 0) is 13.2 Å². The normalized spacial score (nSPS) is 10.5. The van der Waals surface area contributed by atoms with Crippen molar-refractivity contribution < 1.29 is 9.47 Å². The molecule has 0 amide bonds. The van der Waals surface area contributed by atoms with Gasteiger partial charge < -0.3 is 19.7 Å². The molecule has 0 unspecified atom stereocenters. The summed E-state index contributed by atoms with van der Waals surface area (Å²) in [5, 5.41) is 4.13. The van der Waals surface area contributed by atoms with Gasteiger partial charge in [-0.05, 0) is 75.6 Å². The summed E-state index contributed by atoms with van der Waals surface area (Å²) in [7, 11) is 1.66. The molecule has 0 atom stereocenters. The second-order valence-corrected chi connectivity index (χ2v) is 8.87. The van der Waals surface area contributed by atoms with E-state index in [1.54, 1.807) is 7.11 Å². The van der Waals surface area contributed by atoms with Crippen LogP contribution in [0, 0.1) is 6.92 Å². The Bertz CT molecular complexity index is 780. The summed E-state index contributed by atoms with van der Waals surface area (Å²) in [6.07, 6.45) is 6.24. The number of rotatable bonds is 16. The third kappa shape index (κ3) is 12.0. The maximum absolute atomic E-state index is 6.54. The standard InChI is InChI=1S/C27H41ClN2O2.2ClH/c1-5-7-15-30(16-8-6-2)17-9-14-29-20-24-18-25(28)27(26(19-24)31-4)32-21-23-12-10-22(3)11-13-23;;/h10-13,18-19,29H,5-9,14-17,20-21H2,1-4H3;2*1H. The molecule has 1 N–H and O–H groups in total. The Morgan fingerprint density at radius 1 is 0.882 bits per heavy atom. The maximum atomic E-state index is 6.54. The van der Waals surface area contributed by atoms with Gasteiger partial charge in [0.15, 0.2) is 11.5 Å². The van der Waals surface area contributed by atoms with Gasteiger partial charge in [0, 0.05) is 6.54 Å². The van der Waals surface area contributed by atoms with Gasteiger partial charge in [-0.2, -0.15) is 0 Å². The molecule has 7 heteroatoms. The van der Waals surface area contributed by atoms with Crippen LogP contribution in [0.2, 0.25) is 5.02 Å². The van der Waals surface area contributed by atoms with Crippen LogP contribution in [0.3, 0.4) is 0 Å². The molecule has 0 heterocycles. The molecule has 0 radical (unpaired) electrons. The first kappa shape index (κ1) is 32.8. The van der Waals surface area contributed by atoms with Gasteiger partial charge in [-0.1, -0.05) is 68.1 Å². The van der Waals surface area contributed by atoms with E-state index < -0.39 is 0 Å². The molecule has 4 nitrogen and oxygen atoms in total. The Morgan fingerprint density at radius 3 is 2.09 bits per heavy atom. The number of ether oxygens (including phenoxy) is 2. The molecular formula is C27H43Cl3N2O2. The van der Waals surface area contributed by atoms with Gasteiger partial charge in [0.05, 0.1) is 12.1 Å². The average molecular weight is 534 g/mol. The first-order valence-corrected chi connectivity index (χ1v) is 12.4. The number of nitrogens with one attached hydrogen (secondary N) is 1. The van der Waals surface area contributed by atoms with Crippen LogP contribution in [0.4, 0.5) is 0 Å². The largest absolute Gasteiger partial charge is 0.493 e. The highest BCUT2D eigenvalue weighted by atomic mass is 35.5. The van der Waals surface area contributed by atoms with Crippen molar-refractivity contribution in [3.8, 4) is 11.5 Å². The highest BCUT2D eigenvalue weighted by molar-refractivity contribution is 6.32. The summed E-state index contributed by atoms with van der Waals surface area (Å²) in [6, 6.07) is 12.3. The number of benzene rings is 2. The molecule has 0 fully saturated rings. The van der Waals surface area contributed by atoms with Crippen molar-refractivity contribution in [1.82, 2.24) is 10.2 Å². The van der Waals surface area contributed by atoms with Crippen molar-refractivity contribution in [2.75, 3.05) is 33.3 Å². The van der Waals surface area contributed by atoms with Gasteiger partial charge in [0.1, 0.15) is 6.61 Å². The summed E-state index contributed by atoms with van der Waals surface area (Å²) in [4.78, 5) is 2.61. The van der Waals surface area contributed by atoms with Crippen LogP contribution in [0.1, 0.15) is 62.6 Å². The highest BCUT2D eigenvalue weighted by Crippen LogP contribution is 2.37. The molecule has 0 aromatic heterocycles. The number of nitrogens with zero attached hydrogens (tertiary/aromatic N) is 1. The van der Waals surface area contributed by atoms with Gasteiger partial charge in [0.25, 0.3) is 0 Å². The van der Waals surface area contributed by atoms with Crippen molar-refractivity contribution in [1.29, 1.82) is 0 Å². The van der Waals surface area contributed by atoms with Crippen molar-refractivity contribution in [2.24, 2.45) is 0 Å². The summed E-state index contributed by atoms with van der Waals surface area (Å²) in [5.41, 5.74) is 3.44. The first-order valence-electron chi connectivity index (χ1n) is 12.0. The number of methoxy groups -OCH3 is 1. The van der Waals surface area contributed by atoms with E-state index in [1.165, 1.54) is 44.3 Å². The fraction of sp³-hybridized carbons (Fsp3) is 0.556. The molecule has 2 aromatic rings. The molecule has 0 bridgehead atoms. The minimum Gasteiger partial charge on any atom is -0.493 e. The van der Waals surface area contributed by atoms with E-state index >= 15 is 0 Å². The molecule has 194 valence electrons. The van der Waals surface area contributed by atoms with Crippen LogP contribution < -0.4 is 14.8 Å². The zero-order chi connectivity index (χ0) is 23.2. The third-order valence-electron chi connectivity index (χ3n) is 5.61. The Kier molecular flexibility index (Phi) is 18.4. The van der Waals surface area contributed by atoms with Gasteiger partial charge in [0.2, 0.25) is 0 Å². The van der Waals surface area contributed by atoms with Crippen LogP contribution in [0.5, 0.6) is 11.5 Å². The molecule has 0 saturated carbocycles. The second kappa shape index (κ2) is 19.1. The van der Waals surface area contributed by atoms with Gasteiger partial charge in [-0.25, -0.2) is 0 Å². The van der Waals surface area contributed by atoms with E-state index in [4.69, 9.17) is 21.1 Å². The summed E-state index contributed by atoms with van der Waals surface area (Å²) in [6.45, 7) is 12.4. The second-order valence-electron chi connectivity index (χ2n) is 8.46. The molecule has 0 spiro atoms. The summed E-state index contributed by atoms with van der Waals surface area (Å²) >= 11 is 6.54. The molecule has 0 aliphatic rings. The van der Waals surface area contributed by atoms with Gasteiger partial charge in [-0.3, -0.25) is 0 Å².